The van der Waals surface area contributed by atoms with Gasteiger partial charge in [-0.1, -0.05) is 25.7 Å². The molecular weight excluding hydrogens is 214 g/mol. The van der Waals surface area contributed by atoms with Crippen molar-refractivity contribution in [3.8, 4) is 0 Å². The number of likely N-dealkylation sites (N-methyl/N-ethyl adjacent to an activating group) is 1. The van der Waals surface area contributed by atoms with Gasteiger partial charge < -0.3 is 9.64 Å². The summed E-state index contributed by atoms with van der Waals surface area (Å²) in [5, 5.41) is 0. The maximum absolute atomic E-state index is 11.2. The van der Waals surface area contributed by atoms with Gasteiger partial charge in [-0.3, -0.25) is 4.79 Å². The molecule has 4 atom stereocenters. The summed E-state index contributed by atoms with van der Waals surface area (Å²) in [7, 11) is 4.20. The molecular formula is C14H25NO2. The minimum absolute atomic E-state index is 0.113. The van der Waals surface area contributed by atoms with Gasteiger partial charge in [0.05, 0.1) is 0 Å². The monoisotopic (exact) mass is 239 g/mol. The number of carbonyl (C=O) groups is 1. The van der Waals surface area contributed by atoms with Crippen molar-refractivity contribution in [2.75, 3.05) is 14.1 Å². The predicted octanol–water partition coefficient (Wildman–Crippen LogP) is 2.45. The average molecular weight is 239 g/mol. The van der Waals surface area contributed by atoms with Gasteiger partial charge in [0.25, 0.3) is 0 Å². The molecule has 0 aromatic rings. The summed E-state index contributed by atoms with van der Waals surface area (Å²) in [5.74, 6) is 1.53. The number of nitrogens with zero attached hydrogens (tertiary/aromatic N) is 1. The first-order valence-corrected chi connectivity index (χ1v) is 6.91. The van der Waals surface area contributed by atoms with Crippen LogP contribution in [0.5, 0.6) is 0 Å². The summed E-state index contributed by atoms with van der Waals surface area (Å²) in [6, 6.07) is 0.415. The van der Waals surface area contributed by atoms with Crippen LogP contribution in [0.1, 0.15) is 45.4 Å². The Morgan fingerprint density at radius 2 is 1.71 bits per heavy atom. The largest absolute Gasteiger partial charge is 0.461 e. The zero-order chi connectivity index (χ0) is 12.4. The van der Waals surface area contributed by atoms with Gasteiger partial charge in [-0.15, -0.1) is 0 Å². The van der Waals surface area contributed by atoms with E-state index in [0.29, 0.717) is 6.04 Å². The molecule has 3 nitrogen and oxygen atoms in total. The van der Waals surface area contributed by atoms with E-state index in [1.165, 1.54) is 39.0 Å². The lowest BCUT2D eigenvalue weighted by molar-refractivity contribution is -0.154. The van der Waals surface area contributed by atoms with E-state index in [1.54, 1.807) is 0 Å². The van der Waals surface area contributed by atoms with Crippen LogP contribution in [-0.2, 0) is 9.53 Å². The molecule has 17 heavy (non-hydrogen) atoms. The minimum Gasteiger partial charge on any atom is -0.461 e. The fourth-order valence-corrected chi connectivity index (χ4v) is 3.71. The summed E-state index contributed by atoms with van der Waals surface area (Å²) in [6.07, 6.45) is 7.86. The van der Waals surface area contributed by atoms with Crippen molar-refractivity contribution in [3.05, 3.63) is 0 Å². The van der Waals surface area contributed by atoms with E-state index in [2.05, 4.69) is 19.0 Å². The van der Waals surface area contributed by atoms with Gasteiger partial charge >= 0.3 is 5.97 Å². The third-order valence-electron chi connectivity index (χ3n) is 4.56. The molecule has 0 saturated heterocycles. The molecule has 2 aliphatic carbocycles. The van der Waals surface area contributed by atoms with Crippen molar-refractivity contribution in [3.63, 3.8) is 0 Å². The normalized spacial score (nSPS) is 37.6. The fourth-order valence-electron chi connectivity index (χ4n) is 3.71. The number of fused-ring (bicyclic) bond motifs is 1. The van der Waals surface area contributed by atoms with Gasteiger partial charge in [0, 0.05) is 13.0 Å². The Balaban J connectivity index is 2.04. The molecule has 0 N–H and O–H groups in total. The molecule has 2 rings (SSSR count). The van der Waals surface area contributed by atoms with Crippen LogP contribution in [0.15, 0.2) is 0 Å². The highest BCUT2D eigenvalue weighted by molar-refractivity contribution is 5.66. The van der Waals surface area contributed by atoms with Crippen LogP contribution in [0.25, 0.3) is 0 Å². The summed E-state index contributed by atoms with van der Waals surface area (Å²) in [5.41, 5.74) is 0. The molecule has 0 aromatic heterocycles. The fraction of sp³-hybridized carbons (Fsp3) is 0.929. The Morgan fingerprint density at radius 3 is 2.24 bits per heavy atom. The summed E-state index contributed by atoms with van der Waals surface area (Å²) in [4.78, 5) is 13.4. The van der Waals surface area contributed by atoms with Crippen molar-refractivity contribution in [1.82, 2.24) is 4.90 Å². The Hall–Kier alpha value is -0.570. The first-order chi connectivity index (χ1) is 8.08. The average Bonchev–Trinajstić information content (AvgIpc) is 2.27. The number of rotatable bonds is 2. The maximum atomic E-state index is 11.2. The Bertz CT molecular complexity index is 277. The first kappa shape index (κ1) is 12.9. The second-order valence-electron chi connectivity index (χ2n) is 5.95. The molecule has 98 valence electrons. The number of ether oxygens (including phenoxy) is 1. The Morgan fingerprint density at radius 1 is 1.12 bits per heavy atom. The molecule has 0 heterocycles. The molecule has 0 amide bonds. The molecule has 0 aliphatic heterocycles. The van der Waals surface area contributed by atoms with E-state index in [0.717, 1.165) is 18.3 Å². The maximum Gasteiger partial charge on any atom is 0.302 e. The molecule has 0 aromatic carbocycles. The lowest BCUT2D eigenvalue weighted by Crippen LogP contribution is -2.49. The van der Waals surface area contributed by atoms with Crippen LogP contribution in [0.2, 0.25) is 0 Å². The van der Waals surface area contributed by atoms with E-state index < -0.39 is 0 Å². The van der Waals surface area contributed by atoms with Crippen LogP contribution in [0.4, 0.5) is 0 Å². The molecule has 0 spiro atoms. The van der Waals surface area contributed by atoms with Crippen LogP contribution < -0.4 is 0 Å². The molecule has 0 radical (unpaired) electrons. The van der Waals surface area contributed by atoms with Crippen LogP contribution in [0.3, 0.4) is 0 Å². The SMILES string of the molecule is CC(=O)O[C@H]1C[C@H]2CCCC[C@H]2C[C@@H]1N(C)C. The number of carbonyl (C=O) groups excluding carboxylic acids is 1. The van der Waals surface area contributed by atoms with E-state index in [9.17, 15) is 4.79 Å². The van der Waals surface area contributed by atoms with Crippen LogP contribution >= 0.6 is 0 Å². The lowest BCUT2D eigenvalue weighted by Gasteiger charge is -2.45. The second kappa shape index (κ2) is 5.38. The van der Waals surface area contributed by atoms with Crippen molar-refractivity contribution in [2.24, 2.45) is 11.8 Å². The van der Waals surface area contributed by atoms with Crippen LogP contribution in [-0.4, -0.2) is 37.1 Å². The smallest absolute Gasteiger partial charge is 0.302 e. The number of esters is 1. The number of hydrogen-bond donors (Lipinski definition) is 0. The Kier molecular flexibility index (Phi) is 4.08. The van der Waals surface area contributed by atoms with Gasteiger partial charge in [-0.25, -0.2) is 0 Å². The highest BCUT2D eigenvalue weighted by Crippen LogP contribution is 2.42. The van der Waals surface area contributed by atoms with E-state index >= 15 is 0 Å². The molecule has 3 heteroatoms. The summed E-state index contributed by atoms with van der Waals surface area (Å²) in [6.45, 7) is 1.53. The van der Waals surface area contributed by atoms with E-state index in [4.69, 9.17) is 4.74 Å². The minimum atomic E-state index is -0.129. The first-order valence-electron chi connectivity index (χ1n) is 6.91. The van der Waals surface area contributed by atoms with E-state index in [1.807, 2.05) is 0 Å². The quantitative estimate of drug-likeness (QED) is 0.693. The van der Waals surface area contributed by atoms with Gasteiger partial charge in [-0.2, -0.15) is 0 Å². The molecule has 2 fully saturated rings. The third kappa shape index (κ3) is 3.01. The number of hydrogen-bond acceptors (Lipinski definition) is 3. The van der Waals surface area contributed by atoms with Gasteiger partial charge in [0.1, 0.15) is 6.10 Å². The molecule has 0 unspecified atom stereocenters. The van der Waals surface area contributed by atoms with Crippen molar-refractivity contribution >= 4 is 5.97 Å². The van der Waals surface area contributed by atoms with Crippen molar-refractivity contribution in [1.29, 1.82) is 0 Å². The summed E-state index contributed by atoms with van der Waals surface area (Å²) >= 11 is 0. The van der Waals surface area contributed by atoms with Crippen molar-refractivity contribution in [2.45, 2.75) is 57.6 Å². The Labute approximate surface area is 105 Å². The third-order valence-corrected chi connectivity index (χ3v) is 4.56. The zero-order valence-electron chi connectivity index (χ0n) is 11.3. The lowest BCUT2D eigenvalue weighted by atomic mass is 9.68. The topological polar surface area (TPSA) is 29.5 Å². The van der Waals surface area contributed by atoms with Gasteiger partial charge in [0.15, 0.2) is 0 Å². The zero-order valence-corrected chi connectivity index (χ0v) is 11.3. The highest BCUT2D eigenvalue weighted by Gasteiger charge is 2.40. The van der Waals surface area contributed by atoms with Crippen molar-refractivity contribution < 1.29 is 9.53 Å². The second-order valence-corrected chi connectivity index (χ2v) is 5.95. The van der Waals surface area contributed by atoms with Gasteiger partial charge in [-0.05, 0) is 38.8 Å². The highest BCUT2D eigenvalue weighted by atomic mass is 16.5. The van der Waals surface area contributed by atoms with E-state index in [-0.39, 0.29) is 12.1 Å². The predicted molar refractivity (Wildman–Crippen MR) is 67.7 cm³/mol. The molecule has 0 bridgehead atoms. The van der Waals surface area contributed by atoms with Gasteiger partial charge in [0.2, 0.25) is 0 Å². The molecule has 2 saturated carbocycles. The standard InChI is InChI=1S/C14H25NO2/c1-10(16)17-14-9-12-7-5-4-6-11(12)8-13(14)15(2)3/h11-14H,4-9H2,1-3H3/t11-,12+,13-,14-/m0/s1. The summed E-state index contributed by atoms with van der Waals surface area (Å²) < 4.78 is 5.53. The molecule has 2 aliphatic rings. The van der Waals surface area contributed by atoms with Crippen LogP contribution in [0, 0.1) is 11.8 Å².